The van der Waals surface area contributed by atoms with Gasteiger partial charge in [-0.05, 0) is 18.6 Å². The summed E-state index contributed by atoms with van der Waals surface area (Å²) < 4.78 is 0. The standard InChI is InChI=1S/C11H15N3O4/c12-9(14-18)5-2-6-13-11(17)10-7(15)3-1-4-8(10)16/h1,3-4,15-16,18H,2,5-6H2,(H2,12,14)(H,13,17). The zero-order chi connectivity index (χ0) is 13.5. The number of hydrogen-bond acceptors (Lipinski definition) is 5. The highest BCUT2D eigenvalue weighted by Gasteiger charge is 2.15. The van der Waals surface area contributed by atoms with E-state index in [-0.39, 0.29) is 29.4 Å². The van der Waals surface area contributed by atoms with Crippen molar-refractivity contribution in [3.63, 3.8) is 0 Å². The van der Waals surface area contributed by atoms with Crippen LogP contribution in [0.15, 0.2) is 23.4 Å². The third-order valence-corrected chi connectivity index (χ3v) is 2.27. The van der Waals surface area contributed by atoms with Crippen molar-refractivity contribution in [1.82, 2.24) is 5.32 Å². The smallest absolute Gasteiger partial charge is 0.258 e. The number of oxime groups is 1. The van der Waals surface area contributed by atoms with Gasteiger partial charge in [0.05, 0.1) is 0 Å². The van der Waals surface area contributed by atoms with Crippen molar-refractivity contribution in [3.8, 4) is 11.5 Å². The average Bonchev–Trinajstić information content (AvgIpc) is 2.34. The molecule has 1 aromatic rings. The fourth-order valence-corrected chi connectivity index (χ4v) is 1.37. The van der Waals surface area contributed by atoms with Gasteiger partial charge in [-0.2, -0.15) is 0 Å². The first kappa shape index (κ1) is 13.6. The summed E-state index contributed by atoms with van der Waals surface area (Å²) in [6.45, 7) is 0.281. The highest BCUT2D eigenvalue weighted by atomic mass is 16.4. The van der Waals surface area contributed by atoms with Gasteiger partial charge in [0.2, 0.25) is 0 Å². The Kier molecular flexibility index (Phi) is 4.79. The van der Waals surface area contributed by atoms with Gasteiger partial charge in [0.1, 0.15) is 22.9 Å². The van der Waals surface area contributed by atoms with Gasteiger partial charge < -0.3 is 26.5 Å². The molecule has 1 amide bonds. The Morgan fingerprint density at radius 1 is 1.33 bits per heavy atom. The third-order valence-electron chi connectivity index (χ3n) is 2.27. The van der Waals surface area contributed by atoms with Crippen LogP contribution in [0.2, 0.25) is 0 Å². The van der Waals surface area contributed by atoms with E-state index in [1.54, 1.807) is 0 Å². The van der Waals surface area contributed by atoms with Gasteiger partial charge in [-0.15, -0.1) is 0 Å². The molecule has 0 unspecified atom stereocenters. The number of aromatic hydroxyl groups is 2. The maximum atomic E-state index is 11.7. The molecule has 0 saturated heterocycles. The van der Waals surface area contributed by atoms with E-state index >= 15 is 0 Å². The molecule has 7 nitrogen and oxygen atoms in total. The Morgan fingerprint density at radius 2 is 1.94 bits per heavy atom. The molecule has 7 heteroatoms. The van der Waals surface area contributed by atoms with E-state index in [0.717, 1.165) is 0 Å². The van der Waals surface area contributed by atoms with Gasteiger partial charge in [-0.1, -0.05) is 11.2 Å². The second kappa shape index (κ2) is 6.33. The van der Waals surface area contributed by atoms with Gasteiger partial charge in [0.25, 0.3) is 5.91 Å². The van der Waals surface area contributed by atoms with Crippen LogP contribution in [0.1, 0.15) is 23.2 Å². The summed E-state index contributed by atoms with van der Waals surface area (Å²) in [5.74, 6) is -1.08. The zero-order valence-corrected chi connectivity index (χ0v) is 9.63. The summed E-state index contributed by atoms with van der Waals surface area (Å²) >= 11 is 0. The molecular weight excluding hydrogens is 238 g/mol. The molecule has 0 saturated carbocycles. The number of carbonyl (C=O) groups excluding carboxylic acids is 1. The second-order valence-corrected chi connectivity index (χ2v) is 3.62. The van der Waals surface area contributed by atoms with Gasteiger partial charge in [-0.3, -0.25) is 4.79 Å². The lowest BCUT2D eigenvalue weighted by atomic mass is 10.1. The van der Waals surface area contributed by atoms with Crippen LogP contribution in [-0.2, 0) is 0 Å². The van der Waals surface area contributed by atoms with Gasteiger partial charge in [0, 0.05) is 13.0 Å². The fraction of sp³-hybridized carbons (Fsp3) is 0.273. The van der Waals surface area contributed by atoms with Crippen molar-refractivity contribution < 1.29 is 20.2 Å². The van der Waals surface area contributed by atoms with Crippen molar-refractivity contribution >= 4 is 11.7 Å². The van der Waals surface area contributed by atoms with Crippen molar-refractivity contribution in [2.45, 2.75) is 12.8 Å². The SMILES string of the molecule is N/C(CCCNC(=O)c1c(O)cccc1O)=N/O. The first-order valence-electron chi connectivity index (χ1n) is 5.31. The van der Waals surface area contributed by atoms with Crippen LogP contribution >= 0.6 is 0 Å². The number of nitrogens with two attached hydrogens (primary N) is 1. The van der Waals surface area contributed by atoms with Gasteiger partial charge >= 0.3 is 0 Å². The number of rotatable bonds is 5. The van der Waals surface area contributed by atoms with Crippen LogP contribution in [0.25, 0.3) is 0 Å². The van der Waals surface area contributed by atoms with Crippen molar-refractivity contribution in [3.05, 3.63) is 23.8 Å². The maximum absolute atomic E-state index is 11.7. The van der Waals surface area contributed by atoms with E-state index in [1.165, 1.54) is 18.2 Å². The summed E-state index contributed by atoms with van der Waals surface area (Å²) in [5.41, 5.74) is 5.09. The van der Waals surface area contributed by atoms with E-state index in [4.69, 9.17) is 10.9 Å². The topological polar surface area (TPSA) is 128 Å². The molecule has 1 rings (SSSR count). The summed E-state index contributed by atoms with van der Waals surface area (Å²) in [6.07, 6.45) is 0.819. The number of benzene rings is 1. The molecule has 0 aliphatic heterocycles. The quantitative estimate of drug-likeness (QED) is 0.170. The molecule has 0 bridgehead atoms. The van der Waals surface area contributed by atoms with Crippen molar-refractivity contribution in [2.24, 2.45) is 10.9 Å². The molecule has 0 fully saturated rings. The molecule has 0 radical (unpaired) electrons. The monoisotopic (exact) mass is 253 g/mol. The third kappa shape index (κ3) is 3.55. The Labute approximate surface area is 104 Å². The molecule has 6 N–H and O–H groups in total. The summed E-state index contributed by atoms with van der Waals surface area (Å²) in [6, 6.07) is 4.05. The maximum Gasteiger partial charge on any atom is 0.258 e. The number of hydrogen-bond donors (Lipinski definition) is 5. The number of nitrogens with zero attached hydrogens (tertiary/aromatic N) is 1. The van der Waals surface area contributed by atoms with Crippen LogP contribution in [0.3, 0.4) is 0 Å². The highest BCUT2D eigenvalue weighted by molar-refractivity contribution is 5.99. The lowest BCUT2D eigenvalue weighted by Gasteiger charge is -2.08. The number of carbonyl (C=O) groups is 1. The number of amides is 1. The lowest BCUT2D eigenvalue weighted by Crippen LogP contribution is -2.25. The molecule has 98 valence electrons. The van der Waals surface area contributed by atoms with E-state index in [0.29, 0.717) is 12.8 Å². The Bertz CT molecular complexity index is 439. The zero-order valence-electron chi connectivity index (χ0n) is 9.63. The van der Waals surface area contributed by atoms with Crippen LogP contribution in [0, 0.1) is 0 Å². The summed E-state index contributed by atoms with van der Waals surface area (Å²) in [5, 5.41) is 32.5. The van der Waals surface area contributed by atoms with E-state index in [2.05, 4.69) is 10.5 Å². The largest absolute Gasteiger partial charge is 0.507 e. The van der Waals surface area contributed by atoms with Crippen LogP contribution in [-0.4, -0.2) is 33.7 Å². The fourth-order valence-electron chi connectivity index (χ4n) is 1.37. The van der Waals surface area contributed by atoms with Crippen molar-refractivity contribution in [1.29, 1.82) is 0 Å². The Balaban J connectivity index is 2.51. The number of nitrogens with one attached hydrogen (secondary N) is 1. The minimum atomic E-state index is -0.579. The summed E-state index contributed by atoms with van der Waals surface area (Å²) in [4.78, 5) is 11.7. The van der Waals surface area contributed by atoms with Crippen molar-refractivity contribution in [2.75, 3.05) is 6.54 Å². The first-order chi connectivity index (χ1) is 8.56. The average molecular weight is 253 g/mol. The van der Waals surface area contributed by atoms with E-state index < -0.39 is 5.91 Å². The van der Waals surface area contributed by atoms with E-state index in [9.17, 15) is 15.0 Å². The molecule has 0 heterocycles. The molecule has 18 heavy (non-hydrogen) atoms. The van der Waals surface area contributed by atoms with Crippen LogP contribution < -0.4 is 11.1 Å². The molecule has 1 aromatic carbocycles. The molecule has 0 aromatic heterocycles. The van der Waals surface area contributed by atoms with E-state index in [1.807, 2.05) is 0 Å². The second-order valence-electron chi connectivity index (χ2n) is 3.62. The molecule has 0 aliphatic carbocycles. The normalized spacial score (nSPS) is 11.2. The minimum Gasteiger partial charge on any atom is -0.507 e. The Morgan fingerprint density at radius 3 is 2.50 bits per heavy atom. The van der Waals surface area contributed by atoms with Crippen LogP contribution in [0.4, 0.5) is 0 Å². The molecular formula is C11H15N3O4. The highest BCUT2D eigenvalue weighted by Crippen LogP contribution is 2.25. The van der Waals surface area contributed by atoms with Gasteiger partial charge in [-0.25, -0.2) is 0 Å². The van der Waals surface area contributed by atoms with Gasteiger partial charge in [0.15, 0.2) is 0 Å². The molecule has 0 aliphatic rings. The summed E-state index contributed by atoms with van der Waals surface area (Å²) in [7, 11) is 0. The Hall–Kier alpha value is -2.44. The number of phenols is 2. The lowest BCUT2D eigenvalue weighted by molar-refractivity contribution is 0.0948. The first-order valence-corrected chi connectivity index (χ1v) is 5.31. The molecule has 0 atom stereocenters. The predicted octanol–water partition coefficient (Wildman–Crippen LogP) is 0.354. The number of amidine groups is 1. The predicted molar refractivity (Wildman–Crippen MR) is 64.7 cm³/mol. The minimum absolute atomic E-state index is 0.0784. The number of phenolic OH excluding ortho intramolecular Hbond substituents is 2. The van der Waals surface area contributed by atoms with Crippen LogP contribution in [0.5, 0.6) is 11.5 Å². The molecule has 0 spiro atoms.